The molecule has 0 aliphatic rings. The van der Waals surface area contributed by atoms with E-state index < -0.39 is 23.7 Å². The second-order valence-electron chi connectivity index (χ2n) is 5.48. The summed E-state index contributed by atoms with van der Waals surface area (Å²) in [6.45, 7) is 5.20. The first-order valence-corrected chi connectivity index (χ1v) is 7.13. The average molecular weight is 319 g/mol. The van der Waals surface area contributed by atoms with E-state index in [4.69, 9.17) is 5.11 Å². The maximum Gasteiger partial charge on any atom is 0.305 e. The SMILES string of the molecule is Cc1cc(C)n(-c2ccc(C(=O)N[C@H](C)CC(=O)O)cc2F)n1. The van der Waals surface area contributed by atoms with Gasteiger partial charge in [0, 0.05) is 17.3 Å². The van der Waals surface area contributed by atoms with E-state index in [2.05, 4.69) is 10.4 Å². The third-order valence-electron chi connectivity index (χ3n) is 3.31. The summed E-state index contributed by atoms with van der Waals surface area (Å²) in [6, 6.07) is 5.37. The van der Waals surface area contributed by atoms with Crippen LogP contribution in [0.2, 0.25) is 0 Å². The van der Waals surface area contributed by atoms with Crippen LogP contribution in [0.4, 0.5) is 4.39 Å². The van der Waals surface area contributed by atoms with E-state index in [0.717, 1.165) is 17.5 Å². The fourth-order valence-electron chi connectivity index (χ4n) is 2.31. The number of nitrogens with one attached hydrogen (secondary N) is 1. The first kappa shape index (κ1) is 16.7. The quantitative estimate of drug-likeness (QED) is 0.885. The van der Waals surface area contributed by atoms with E-state index in [0.29, 0.717) is 0 Å². The van der Waals surface area contributed by atoms with Crippen molar-refractivity contribution in [2.75, 3.05) is 0 Å². The Morgan fingerprint density at radius 3 is 2.57 bits per heavy atom. The van der Waals surface area contributed by atoms with Crippen LogP contribution in [0.25, 0.3) is 5.69 Å². The van der Waals surface area contributed by atoms with Crippen molar-refractivity contribution in [3.8, 4) is 5.69 Å². The van der Waals surface area contributed by atoms with Crippen LogP contribution < -0.4 is 5.32 Å². The van der Waals surface area contributed by atoms with E-state index in [1.807, 2.05) is 19.9 Å². The van der Waals surface area contributed by atoms with Crippen molar-refractivity contribution in [2.45, 2.75) is 33.2 Å². The molecule has 0 radical (unpaired) electrons. The molecule has 7 heteroatoms. The number of aliphatic carboxylic acids is 1. The highest BCUT2D eigenvalue weighted by Crippen LogP contribution is 2.17. The fraction of sp³-hybridized carbons (Fsp3) is 0.312. The van der Waals surface area contributed by atoms with Gasteiger partial charge in [-0.05, 0) is 45.0 Å². The number of carboxylic acid groups (broad SMARTS) is 1. The number of hydrogen-bond acceptors (Lipinski definition) is 3. The lowest BCUT2D eigenvalue weighted by Crippen LogP contribution is -2.34. The normalized spacial score (nSPS) is 12.0. The van der Waals surface area contributed by atoms with Gasteiger partial charge in [0.05, 0.1) is 12.1 Å². The Bertz CT molecular complexity index is 755. The van der Waals surface area contributed by atoms with Crippen LogP contribution >= 0.6 is 0 Å². The Labute approximate surface area is 132 Å². The summed E-state index contributed by atoms with van der Waals surface area (Å²) in [5.41, 5.74) is 1.94. The number of rotatable bonds is 5. The van der Waals surface area contributed by atoms with Gasteiger partial charge >= 0.3 is 5.97 Å². The smallest absolute Gasteiger partial charge is 0.305 e. The van der Waals surface area contributed by atoms with E-state index in [9.17, 15) is 14.0 Å². The Balaban J connectivity index is 2.20. The molecule has 1 atom stereocenters. The second-order valence-corrected chi connectivity index (χ2v) is 5.48. The van der Waals surface area contributed by atoms with E-state index in [1.165, 1.54) is 16.8 Å². The topological polar surface area (TPSA) is 84.2 Å². The maximum atomic E-state index is 14.3. The van der Waals surface area contributed by atoms with Crippen molar-refractivity contribution >= 4 is 11.9 Å². The summed E-state index contributed by atoms with van der Waals surface area (Å²) in [7, 11) is 0. The molecule has 2 rings (SSSR count). The van der Waals surface area contributed by atoms with Crippen LogP contribution in [0.15, 0.2) is 24.3 Å². The highest BCUT2D eigenvalue weighted by Gasteiger charge is 2.16. The lowest BCUT2D eigenvalue weighted by molar-refractivity contribution is -0.137. The minimum atomic E-state index is -1.01. The van der Waals surface area contributed by atoms with E-state index in [1.54, 1.807) is 6.92 Å². The van der Waals surface area contributed by atoms with E-state index in [-0.39, 0.29) is 17.7 Å². The van der Waals surface area contributed by atoms with Crippen molar-refractivity contribution in [3.05, 3.63) is 47.0 Å². The Morgan fingerprint density at radius 2 is 2.04 bits per heavy atom. The number of hydrogen-bond donors (Lipinski definition) is 2. The van der Waals surface area contributed by atoms with Crippen LogP contribution in [0.3, 0.4) is 0 Å². The lowest BCUT2D eigenvalue weighted by Gasteiger charge is -2.12. The van der Waals surface area contributed by atoms with Crippen LogP contribution in [-0.2, 0) is 4.79 Å². The summed E-state index contributed by atoms with van der Waals surface area (Å²) in [6.07, 6.45) is -0.196. The number of carboxylic acids is 1. The zero-order valence-electron chi connectivity index (χ0n) is 13.1. The molecule has 0 saturated carbocycles. The van der Waals surface area contributed by atoms with Crippen molar-refractivity contribution in [2.24, 2.45) is 0 Å². The Kier molecular flexibility index (Phi) is 4.78. The van der Waals surface area contributed by atoms with Gasteiger partial charge in [-0.15, -0.1) is 0 Å². The largest absolute Gasteiger partial charge is 0.481 e. The van der Waals surface area contributed by atoms with Gasteiger partial charge in [-0.25, -0.2) is 9.07 Å². The third-order valence-corrected chi connectivity index (χ3v) is 3.31. The molecule has 0 spiro atoms. The van der Waals surface area contributed by atoms with Crippen molar-refractivity contribution in [3.63, 3.8) is 0 Å². The zero-order valence-corrected chi connectivity index (χ0v) is 13.1. The fourth-order valence-corrected chi connectivity index (χ4v) is 2.31. The van der Waals surface area contributed by atoms with Crippen LogP contribution in [0.5, 0.6) is 0 Å². The number of halogens is 1. The summed E-state index contributed by atoms with van der Waals surface area (Å²) in [5.74, 6) is -2.10. The number of aromatic nitrogens is 2. The monoisotopic (exact) mass is 319 g/mol. The molecule has 0 fully saturated rings. The Morgan fingerprint density at radius 1 is 1.35 bits per heavy atom. The maximum absolute atomic E-state index is 14.3. The van der Waals surface area contributed by atoms with Gasteiger partial charge in [0.15, 0.2) is 0 Å². The molecule has 1 aromatic carbocycles. The molecule has 1 aromatic heterocycles. The summed E-state index contributed by atoms with van der Waals surface area (Å²) in [4.78, 5) is 22.6. The minimum Gasteiger partial charge on any atom is -0.481 e. The molecule has 0 aliphatic carbocycles. The molecule has 0 aliphatic heterocycles. The predicted octanol–water partition coefficient (Wildman–Crippen LogP) is 2.22. The van der Waals surface area contributed by atoms with Crippen LogP contribution in [-0.4, -0.2) is 32.8 Å². The molecule has 2 aromatic rings. The highest BCUT2D eigenvalue weighted by molar-refractivity contribution is 5.94. The molecular formula is C16H18FN3O3. The first-order valence-electron chi connectivity index (χ1n) is 7.13. The van der Waals surface area contributed by atoms with Gasteiger partial charge in [-0.3, -0.25) is 9.59 Å². The van der Waals surface area contributed by atoms with Gasteiger partial charge in [-0.1, -0.05) is 0 Å². The number of carbonyl (C=O) groups excluding carboxylic acids is 1. The van der Waals surface area contributed by atoms with Gasteiger partial charge < -0.3 is 10.4 Å². The standard InChI is InChI=1S/C16H18FN3O3/c1-9(7-15(21)22)18-16(23)12-4-5-14(13(17)8-12)20-11(3)6-10(2)19-20/h4-6,8-9H,7H2,1-3H3,(H,18,23)(H,21,22)/t9-/m1/s1. The predicted molar refractivity (Wildman–Crippen MR) is 82.2 cm³/mol. The summed E-state index contributed by atoms with van der Waals surface area (Å²) >= 11 is 0. The van der Waals surface area contributed by atoms with Crippen molar-refractivity contribution in [1.29, 1.82) is 0 Å². The minimum absolute atomic E-state index is 0.130. The summed E-state index contributed by atoms with van der Waals surface area (Å²) in [5, 5.41) is 15.4. The average Bonchev–Trinajstić information content (AvgIpc) is 2.76. The Hall–Kier alpha value is -2.70. The van der Waals surface area contributed by atoms with Gasteiger partial charge in [-0.2, -0.15) is 5.10 Å². The van der Waals surface area contributed by atoms with Crippen molar-refractivity contribution < 1.29 is 19.1 Å². The molecule has 0 saturated heterocycles. The number of benzene rings is 1. The molecule has 23 heavy (non-hydrogen) atoms. The van der Waals surface area contributed by atoms with Gasteiger partial charge in [0.2, 0.25) is 0 Å². The van der Waals surface area contributed by atoms with Crippen LogP contribution in [0.1, 0.15) is 35.1 Å². The molecule has 1 amide bonds. The first-order chi connectivity index (χ1) is 10.8. The molecule has 1 heterocycles. The van der Waals surface area contributed by atoms with Crippen LogP contribution in [0, 0.1) is 19.7 Å². The number of aryl methyl sites for hydroxylation is 2. The zero-order chi connectivity index (χ0) is 17.1. The lowest BCUT2D eigenvalue weighted by atomic mass is 10.1. The molecule has 122 valence electrons. The number of amides is 1. The summed E-state index contributed by atoms with van der Waals surface area (Å²) < 4.78 is 15.8. The second kappa shape index (κ2) is 6.60. The number of nitrogens with zero attached hydrogens (tertiary/aromatic N) is 2. The van der Waals surface area contributed by atoms with Gasteiger partial charge in [0.25, 0.3) is 5.91 Å². The highest BCUT2D eigenvalue weighted by atomic mass is 19.1. The van der Waals surface area contributed by atoms with Gasteiger partial charge in [0.1, 0.15) is 11.5 Å². The molecule has 6 nitrogen and oxygen atoms in total. The molecule has 0 bridgehead atoms. The van der Waals surface area contributed by atoms with Crippen molar-refractivity contribution in [1.82, 2.24) is 15.1 Å². The molecule has 0 unspecified atom stereocenters. The third kappa shape index (κ3) is 3.94. The van der Waals surface area contributed by atoms with E-state index >= 15 is 0 Å². The number of carbonyl (C=O) groups is 2. The molecule has 2 N–H and O–H groups in total. The molecular weight excluding hydrogens is 301 g/mol.